The molecule has 0 aliphatic heterocycles. The zero-order valence-electron chi connectivity index (χ0n) is 13.7. The molecule has 5 N–H and O–H groups in total. The minimum atomic E-state index is -2.62. The Labute approximate surface area is 142 Å². The Bertz CT molecular complexity index is 765. The molecule has 0 aromatic carbocycles. The fourth-order valence-electron chi connectivity index (χ4n) is 2.20. The molecule has 0 aliphatic rings. The number of alkyl halides is 2. The summed E-state index contributed by atoms with van der Waals surface area (Å²) in [5, 5.41) is 25.6. The van der Waals surface area contributed by atoms with Crippen LogP contribution in [0.3, 0.4) is 0 Å². The van der Waals surface area contributed by atoms with E-state index >= 15 is 0 Å². The predicted octanol–water partition coefficient (Wildman–Crippen LogP) is 0.0445. The summed E-state index contributed by atoms with van der Waals surface area (Å²) in [5.41, 5.74) is 4.79. The Morgan fingerprint density at radius 3 is 2.80 bits per heavy atom. The number of halogens is 2. The van der Waals surface area contributed by atoms with Crippen molar-refractivity contribution in [2.75, 3.05) is 13.2 Å². The van der Waals surface area contributed by atoms with Crippen LogP contribution in [0.15, 0.2) is 18.3 Å². The molecule has 2 atom stereocenters. The number of aryl methyl sites for hydroxylation is 1. The number of fused-ring (bicyclic) bond motifs is 1. The summed E-state index contributed by atoms with van der Waals surface area (Å²) >= 11 is 0. The Morgan fingerprint density at radius 1 is 1.56 bits per heavy atom. The number of nitrogens with one attached hydrogen (secondary N) is 1. The average Bonchev–Trinajstić information content (AvgIpc) is 2.87. The van der Waals surface area contributed by atoms with Crippen molar-refractivity contribution < 1.29 is 28.5 Å². The lowest BCUT2D eigenvalue weighted by molar-refractivity contribution is 0.0308. The van der Waals surface area contributed by atoms with Crippen molar-refractivity contribution in [1.29, 1.82) is 0 Å². The summed E-state index contributed by atoms with van der Waals surface area (Å²) in [4.78, 5) is 12.6. The number of carbonyl (C=O) groups is 1. The van der Waals surface area contributed by atoms with Gasteiger partial charge in [-0.2, -0.15) is 5.10 Å². The van der Waals surface area contributed by atoms with E-state index in [0.717, 1.165) is 0 Å². The highest BCUT2D eigenvalue weighted by atomic mass is 19.3. The van der Waals surface area contributed by atoms with Crippen molar-refractivity contribution in [2.24, 2.45) is 5.73 Å². The first kappa shape index (κ1) is 19.0. The van der Waals surface area contributed by atoms with Gasteiger partial charge in [0, 0.05) is 12.3 Å². The second-order valence-electron chi connectivity index (χ2n) is 5.83. The molecule has 0 fully saturated rings. The maximum absolute atomic E-state index is 12.6. The number of rotatable bonds is 7. The molecule has 8 nitrogen and oxygen atoms in total. The highest BCUT2D eigenvalue weighted by Crippen LogP contribution is 2.22. The fourth-order valence-corrected chi connectivity index (χ4v) is 2.20. The number of nitrogens with zero attached hydrogens (tertiary/aromatic N) is 2. The van der Waals surface area contributed by atoms with Crippen molar-refractivity contribution in [3.05, 3.63) is 29.6 Å². The van der Waals surface area contributed by atoms with Crippen molar-refractivity contribution in [2.45, 2.75) is 32.0 Å². The van der Waals surface area contributed by atoms with Gasteiger partial charge in [0.05, 0.1) is 28.9 Å². The second kappa shape index (κ2) is 7.30. The van der Waals surface area contributed by atoms with Gasteiger partial charge in [-0.1, -0.05) is 0 Å². The summed E-state index contributed by atoms with van der Waals surface area (Å²) in [7, 11) is 0. The average molecular weight is 358 g/mol. The summed E-state index contributed by atoms with van der Waals surface area (Å²) in [6.45, 7) is 1.62. The molecular formula is C15H20F2N4O4. The topological polar surface area (TPSA) is 122 Å². The van der Waals surface area contributed by atoms with E-state index in [9.17, 15) is 23.8 Å². The monoisotopic (exact) mass is 358 g/mol. The van der Waals surface area contributed by atoms with Crippen LogP contribution in [0.2, 0.25) is 0 Å². The number of carbonyl (C=O) groups excluding carboxylic acids is 1. The van der Waals surface area contributed by atoms with Crippen molar-refractivity contribution in [3.8, 4) is 5.75 Å². The van der Waals surface area contributed by atoms with Gasteiger partial charge in [0.1, 0.15) is 18.6 Å². The van der Waals surface area contributed by atoms with Crippen molar-refractivity contribution >= 4 is 11.4 Å². The van der Waals surface area contributed by atoms with Gasteiger partial charge in [-0.15, -0.1) is 0 Å². The normalized spacial score (nSPS) is 15.2. The number of aromatic nitrogens is 2. The quantitative estimate of drug-likeness (QED) is 0.519. The second-order valence-corrected chi connectivity index (χ2v) is 5.83. The van der Waals surface area contributed by atoms with Gasteiger partial charge in [0.25, 0.3) is 12.3 Å². The summed E-state index contributed by atoms with van der Waals surface area (Å²) < 4.78 is 30.9. The predicted molar refractivity (Wildman–Crippen MR) is 84.6 cm³/mol. The fraction of sp³-hybridized carbons (Fsp3) is 0.467. The van der Waals surface area contributed by atoms with Gasteiger partial charge in [-0.05, 0) is 19.9 Å². The van der Waals surface area contributed by atoms with Crippen LogP contribution in [0.25, 0.3) is 5.52 Å². The van der Waals surface area contributed by atoms with Gasteiger partial charge in [0.15, 0.2) is 0 Å². The molecule has 0 aliphatic carbocycles. The molecule has 2 rings (SSSR count). The third kappa shape index (κ3) is 4.03. The van der Waals surface area contributed by atoms with Crippen LogP contribution in [-0.2, 0) is 0 Å². The third-order valence-corrected chi connectivity index (χ3v) is 3.76. The van der Waals surface area contributed by atoms with Crippen LogP contribution in [-0.4, -0.2) is 57.1 Å². The summed E-state index contributed by atoms with van der Waals surface area (Å²) in [6.07, 6.45) is -2.64. The van der Waals surface area contributed by atoms with E-state index in [0.29, 0.717) is 11.2 Å². The molecule has 0 radical (unpaired) electrons. The van der Waals surface area contributed by atoms with Crippen molar-refractivity contribution in [3.63, 3.8) is 0 Å². The third-order valence-electron chi connectivity index (χ3n) is 3.76. The number of hydrogen-bond acceptors (Lipinski definition) is 6. The number of hydrogen-bond donors (Lipinski definition) is 4. The molecule has 2 aromatic rings. The molecule has 1 amide bonds. The lowest BCUT2D eigenvalue weighted by Crippen LogP contribution is -2.60. The number of pyridine rings is 1. The molecule has 25 heavy (non-hydrogen) atoms. The molecule has 0 bridgehead atoms. The van der Waals surface area contributed by atoms with E-state index in [1.165, 1.54) is 29.8 Å². The Hall–Kier alpha value is -2.30. The molecule has 2 aromatic heterocycles. The van der Waals surface area contributed by atoms with Crippen LogP contribution in [0, 0.1) is 6.92 Å². The van der Waals surface area contributed by atoms with Gasteiger partial charge in [-0.3, -0.25) is 4.79 Å². The minimum Gasteiger partial charge on any atom is -0.488 e. The molecule has 0 saturated carbocycles. The van der Waals surface area contributed by atoms with Gasteiger partial charge in [-0.25, -0.2) is 13.3 Å². The maximum atomic E-state index is 12.6. The van der Waals surface area contributed by atoms with Crippen LogP contribution >= 0.6 is 0 Å². The first-order chi connectivity index (χ1) is 11.7. The SMILES string of the molecule is Cc1nn2ccc(OCC(F)F)cc2c1C(=O)NC(C)(CO)C(N)O. The van der Waals surface area contributed by atoms with Gasteiger partial charge in [0.2, 0.25) is 0 Å². The summed E-state index contributed by atoms with van der Waals surface area (Å²) in [5.74, 6) is -0.468. The standard InChI is InChI=1S/C15H20F2N4O4/c1-8-12(13(23)19-15(2,7-22)14(18)24)10-5-9(25-6-11(16)17)3-4-21(10)20-8/h3-5,11,14,22,24H,6-7,18H2,1-2H3,(H,19,23). The lowest BCUT2D eigenvalue weighted by atomic mass is 10.0. The minimum absolute atomic E-state index is 0.155. The van der Waals surface area contributed by atoms with Crippen molar-refractivity contribution in [1.82, 2.24) is 14.9 Å². The van der Waals surface area contributed by atoms with E-state index in [1.807, 2.05) is 0 Å². The number of ether oxygens (including phenoxy) is 1. The zero-order chi connectivity index (χ0) is 18.8. The number of aliphatic hydroxyl groups excluding tert-OH is 2. The molecule has 0 spiro atoms. The van der Waals surface area contributed by atoms with Gasteiger partial charge < -0.3 is 26.0 Å². The van der Waals surface area contributed by atoms with Crippen LogP contribution < -0.4 is 15.8 Å². The van der Waals surface area contributed by atoms with E-state index in [4.69, 9.17) is 10.5 Å². The molecule has 2 unspecified atom stereocenters. The lowest BCUT2D eigenvalue weighted by Gasteiger charge is -2.31. The Morgan fingerprint density at radius 2 is 2.24 bits per heavy atom. The molecule has 2 heterocycles. The smallest absolute Gasteiger partial charge is 0.272 e. The van der Waals surface area contributed by atoms with E-state index in [1.54, 1.807) is 6.92 Å². The summed E-state index contributed by atoms with van der Waals surface area (Å²) in [6, 6.07) is 2.86. The highest BCUT2D eigenvalue weighted by molar-refractivity contribution is 6.02. The molecule has 138 valence electrons. The van der Waals surface area contributed by atoms with Crippen LogP contribution in [0.1, 0.15) is 23.0 Å². The first-order valence-electron chi connectivity index (χ1n) is 7.45. The van der Waals surface area contributed by atoms with Crippen LogP contribution in [0.5, 0.6) is 5.75 Å². The largest absolute Gasteiger partial charge is 0.488 e. The zero-order valence-corrected chi connectivity index (χ0v) is 13.7. The van der Waals surface area contributed by atoms with E-state index in [2.05, 4.69) is 10.4 Å². The first-order valence-corrected chi connectivity index (χ1v) is 7.45. The van der Waals surface area contributed by atoms with Crippen LogP contribution in [0.4, 0.5) is 8.78 Å². The number of amides is 1. The van der Waals surface area contributed by atoms with Gasteiger partial charge >= 0.3 is 0 Å². The number of aliphatic hydroxyl groups is 2. The molecule has 0 saturated heterocycles. The molecule has 10 heteroatoms. The highest BCUT2D eigenvalue weighted by Gasteiger charge is 2.33. The Balaban J connectivity index is 2.37. The van der Waals surface area contributed by atoms with E-state index < -0.39 is 37.3 Å². The van der Waals surface area contributed by atoms with E-state index in [-0.39, 0.29) is 11.3 Å². The number of nitrogens with two attached hydrogens (primary N) is 1. The molecular weight excluding hydrogens is 338 g/mol. The Kier molecular flexibility index (Phi) is 5.55. The maximum Gasteiger partial charge on any atom is 0.272 e.